The standard InChI is InChI=1S/C20H19FN2O/c21-16-6-1-13(2-7-16)3-8-18(24)10-17-9-15-11-23-20(14-4-5-14)19(15)12-22-17/h1-2,6-7,9,12,14H,3-5,8,10-11H2. The second kappa shape index (κ2) is 6.27. The molecule has 1 saturated carbocycles. The number of halogens is 1. The predicted molar refractivity (Wildman–Crippen MR) is 90.6 cm³/mol. The Morgan fingerprint density at radius 1 is 1.21 bits per heavy atom. The molecule has 0 bridgehead atoms. The molecule has 122 valence electrons. The molecule has 3 nitrogen and oxygen atoms in total. The Hall–Kier alpha value is -2.36. The molecule has 1 aliphatic heterocycles. The Morgan fingerprint density at radius 2 is 2.00 bits per heavy atom. The monoisotopic (exact) mass is 322 g/mol. The van der Waals surface area contributed by atoms with Crippen LogP contribution in [-0.2, 0) is 24.2 Å². The number of benzene rings is 1. The lowest BCUT2D eigenvalue weighted by atomic mass is 10.0. The summed E-state index contributed by atoms with van der Waals surface area (Å²) < 4.78 is 12.9. The average Bonchev–Trinajstić information content (AvgIpc) is 3.34. The van der Waals surface area contributed by atoms with E-state index < -0.39 is 0 Å². The van der Waals surface area contributed by atoms with E-state index in [1.165, 1.54) is 41.8 Å². The van der Waals surface area contributed by atoms with E-state index in [-0.39, 0.29) is 11.6 Å². The number of hydrogen-bond acceptors (Lipinski definition) is 3. The Balaban J connectivity index is 1.35. The number of rotatable bonds is 6. The van der Waals surface area contributed by atoms with E-state index in [0.29, 0.717) is 25.2 Å². The Kier molecular flexibility index (Phi) is 3.97. The highest BCUT2D eigenvalue weighted by molar-refractivity contribution is 6.06. The number of Topliss-reactive ketones (excluding diaryl/α,β-unsaturated/α-hetero) is 1. The van der Waals surface area contributed by atoms with Gasteiger partial charge >= 0.3 is 0 Å². The van der Waals surface area contributed by atoms with Crippen molar-refractivity contribution in [3.63, 3.8) is 0 Å². The van der Waals surface area contributed by atoms with E-state index in [0.717, 1.165) is 17.8 Å². The van der Waals surface area contributed by atoms with E-state index in [1.54, 1.807) is 12.1 Å². The minimum Gasteiger partial charge on any atom is -0.299 e. The van der Waals surface area contributed by atoms with Gasteiger partial charge in [0.25, 0.3) is 0 Å². The van der Waals surface area contributed by atoms with Crippen molar-refractivity contribution < 1.29 is 9.18 Å². The number of hydrogen-bond donors (Lipinski definition) is 0. The van der Waals surface area contributed by atoms with Crippen LogP contribution in [0.2, 0.25) is 0 Å². The van der Waals surface area contributed by atoms with Gasteiger partial charge in [-0.1, -0.05) is 12.1 Å². The maximum atomic E-state index is 12.9. The van der Waals surface area contributed by atoms with Crippen LogP contribution in [0.4, 0.5) is 4.39 Å². The van der Waals surface area contributed by atoms with Crippen molar-refractivity contribution >= 4 is 11.5 Å². The molecule has 1 aliphatic carbocycles. The van der Waals surface area contributed by atoms with E-state index in [9.17, 15) is 9.18 Å². The second-order valence-electron chi connectivity index (χ2n) is 6.65. The lowest BCUT2D eigenvalue weighted by molar-refractivity contribution is -0.118. The smallest absolute Gasteiger partial charge is 0.139 e. The van der Waals surface area contributed by atoms with Crippen LogP contribution in [0, 0.1) is 11.7 Å². The molecular formula is C20H19FN2O. The van der Waals surface area contributed by atoms with Gasteiger partial charge in [0.05, 0.1) is 6.54 Å². The quantitative estimate of drug-likeness (QED) is 0.814. The van der Waals surface area contributed by atoms with Crippen molar-refractivity contribution in [3.05, 3.63) is 64.7 Å². The third-order valence-electron chi connectivity index (χ3n) is 4.69. The van der Waals surface area contributed by atoms with Crippen LogP contribution < -0.4 is 0 Å². The predicted octanol–water partition coefficient (Wildman–Crippen LogP) is 3.68. The summed E-state index contributed by atoms with van der Waals surface area (Å²) in [4.78, 5) is 21.3. The molecule has 2 aliphatic rings. The largest absolute Gasteiger partial charge is 0.299 e. The lowest BCUT2D eigenvalue weighted by Gasteiger charge is -2.05. The van der Waals surface area contributed by atoms with Crippen molar-refractivity contribution in [2.75, 3.05) is 0 Å². The Morgan fingerprint density at radius 3 is 2.75 bits per heavy atom. The minimum absolute atomic E-state index is 0.160. The van der Waals surface area contributed by atoms with Gasteiger partial charge in [-0.15, -0.1) is 0 Å². The third-order valence-corrected chi connectivity index (χ3v) is 4.69. The maximum absolute atomic E-state index is 12.9. The highest BCUT2D eigenvalue weighted by atomic mass is 19.1. The van der Waals surface area contributed by atoms with Crippen LogP contribution in [0.1, 0.15) is 41.6 Å². The van der Waals surface area contributed by atoms with Crippen molar-refractivity contribution in [2.45, 2.75) is 38.6 Å². The fourth-order valence-corrected chi connectivity index (χ4v) is 3.19. The molecule has 0 N–H and O–H groups in total. The number of aliphatic imine (C=N–C) groups is 1. The fourth-order valence-electron chi connectivity index (χ4n) is 3.19. The zero-order chi connectivity index (χ0) is 16.5. The normalized spacial score (nSPS) is 16.0. The zero-order valence-corrected chi connectivity index (χ0v) is 13.5. The molecule has 2 heterocycles. The topological polar surface area (TPSA) is 42.3 Å². The summed E-state index contributed by atoms with van der Waals surface area (Å²) in [5.74, 6) is 0.546. The summed E-state index contributed by atoms with van der Waals surface area (Å²) in [5.41, 5.74) is 5.40. The number of carbonyl (C=O) groups excluding carboxylic acids is 1. The van der Waals surface area contributed by atoms with Gasteiger partial charge in [-0.05, 0) is 48.6 Å². The highest BCUT2D eigenvalue weighted by Gasteiger charge is 2.32. The van der Waals surface area contributed by atoms with Gasteiger partial charge in [0.1, 0.15) is 11.6 Å². The number of aromatic nitrogens is 1. The van der Waals surface area contributed by atoms with Gasteiger partial charge in [-0.3, -0.25) is 14.8 Å². The zero-order valence-electron chi connectivity index (χ0n) is 13.5. The molecular weight excluding hydrogens is 303 g/mol. The molecule has 2 aromatic rings. The van der Waals surface area contributed by atoms with Crippen LogP contribution in [0.15, 0.2) is 41.5 Å². The first-order valence-corrected chi connectivity index (χ1v) is 8.48. The number of pyridine rings is 1. The Bertz CT molecular complexity index is 807. The van der Waals surface area contributed by atoms with Gasteiger partial charge < -0.3 is 0 Å². The number of fused-ring (bicyclic) bond motifs is 1. The van der Waals surface area contributed by atoms with Crippen molar-refractivity contribution in [1.29, 1.82) is 0 Å². The van der Waals surface area contributed by atoms with Gasteiger partial charge in [0, 0.05) is 41.9 Å². The molecule has 1 aromatic carbocycles. The number of carbonyl (C=O) groups is 1. The lowest BCUT2D eigenvalue weighted by Crippen LogP contribution is -2.08. The first-order valence-electron chi connectivity index (χ1n) is 8.48. The number of nitrogens with zero attached hydrogens (tertiary/aromatic N) is 2. The number of aryl methyl sites for hydroxylation is 1. The summed E-state index contributed by atoms with van der Waals surface area (Å²) >= 11 is 0. The molecule has 4 rings (SSSR count). The summed E-state index contributed by atoms with van der Waals surface area (Å²) in [6.45, 7) is 0.723. The first kappa shape index (κ1) is 15.2. The van der Waals surface area contributed by atoms with Gasteiger partial charge in [0.15, 0.2) is 0 Å². The minimum atomic E-state index is -0.250. The summed E-state index contributed by atoms with van der Waals surface area (Å²) in [5, 5.41) is 0. The molecule has 0 atom stereocenters. The van der Waals surface area contributed by atoms with Gasteiger partial charge in [0.2, 0.25) is 0 Å². The molecule has 0 radical (unpaired) electrons. The van der Waals surface area contributed by atoms with Crippen LogP contribution >= 0.6 is 0 Å². The molecule has 0 saturated heterocycles. The summed E-state index contributed by atoms with van der Waals surface area (Å²) in [6, 6.07) is 8.35. The fraction of sp³-hybridized carbons (Fsp3) is 0.350. The van der Waals surface area contributed by atoms with Crippen molar-refractivity contribution in [2.24, 2.45) is 10.9 Å². The average molecular weight is 322 g/mol. The summed E-state index contributed by atoms with van der Waals surface area (Å²) in [6.07, 6.45) is 5.81. The van der Waals surface area contributed by atoms with E-state index >= 15 is 0 Å². The van der Waals surface area contributed by atoms with Crippen molar-refractivity contribution in [1.82, 2.24) is 4.98 Å². The molecule has 0 amide bonds. The molecule has 4 heteroatoms. The van der Waals surface area contributed by atoms with Crippen LogP contribution in [0.5, 0.6) is 0 Å². The molecule has 0 unspecified atom stereocenters. The summed E-state index contributed by atoms with van der Waals surface area (Å²) in [7, 11) is 0. The molecule has 0 spiro atoms. The maximum Gasteiger partial charge on any atom is 0.139 e. The Labute approximate surface area is 140 Å². The SMILES string of the molecule is O=C(CCc1ccc(F)cc1)Cc1cc2c(cn1)C(C1CC1)=NC2. The second-order valence-corrected chi connectivity index (χ2v) is 6.65. The van der Waals surface area contributed by atoms with E-state index in [4.69, 9.17) is 0 Å². The van der Waals surface area contributed by atoms with Crippen LogP contribution in [0.25, 0.3) is 0 Å². The van der Waals surface area contributed by atoms with Crippen LogP contribution in [0.3, 0.4) is 0 Å². The van der Waals surface area contributed by atoms with Crippen molar-refractivity contribution in [3.8, 4) is 0 Å². The number of ketones is 1. The van der Waals surface area contributed by atoms with E-state index in [1.807, 2.05) is 12.3 Å². The highest BCUT2D eigenvalue weighted by Crippen LogP contribution is 2.36. The van der Waals surface area contributed by atoms with Gasteiger partial charge in [-0.2, -0.15) is 0 Å². The van der Waals surface area contributed by atoms with Gasteiger partial charge in [-0.25, -0.2) is 4.39 Å². The van der Waals surface area contributed by atoms with Crippen LogP contribution in [-0.4, -0.2) is 16.5 Å². The third kappa shape index (κ3) is 3.28. The molecule has 1 aromatic heterocycles. The molecule has 24 heavy (non-hydrogen) atoms. The first-order chi connectivity index (χ1) is 11.7. The molecule has 1 fully saturated rings. The van der Waals surface area contributed by atoms with E-state index in [2.05, 4.69) is 9.98 Å².